The van der Waals surface area contributed by atoms with Crippen LogP contribution in [0.5, 0.6) is 0 Å². The number of quaternary nitrogens is 1. The Bertz CT molecular complexity index is 937. The second kappa shape index (κ2) is 5.22. The summed E-state index contributed by atoms with van der Waals surface area (Å²) in [5.41, 5.74) is 0.0833. The van der Waals surface area contributed by atoms with Crippen LogP contribution in [0, 0.1) is 0 Å². The number of rotatable bonds is 2. The van der Waals surface area contributed by atoms with Crippen molar-refractivity contribution in [1.29, 1.82) is 0 Å². The Hall–Kier alpha value is -2.24. The Morgan fingerprint density at radius 2 is 1.50 bits per heavy atom. The summed E-state index contributed by atoms with van der Waals surface area (Å²) in [7, 11) is 4.45. The minimum atomic E-state index is -2.24. The summed E-state index contributed by atoms with van der Waals surface area (Å²) >= 11 is 0. The molecule has 0 amide bonds. The van der Waals surface area contributed by atoms with E-state index in [1.807, 2.05) is 24.3 Å². The van der Waals surface area contributed by atoms with Gasteiger partial charge in [-0.2, -0.15) is 0 Å². The summed E-state index contributed by atoms with van der Waals surface area (Å²) < 4.78 is 29.0. The Balaban J connectivity index is 1.33. The molecule has 0 radical (unpaired) electrons. The fraction of sp³-hybridized carbons (Fsp3) is 0.435. The van der Waals surface area contributed by atoms with Crippen LogP contribution < -0.4 is 0 Å². The molecule has 5 atom stereocenters. The molecule has 3 unspecified atom stereocenters. The normalized spacial score (nSPS) is 34.9. The van der Waals surface area contributed by atoms with E-state index in [1.54, 1.807) is 24.3 Å². The molecule has 0 aromatic heterocycles. The number of carbonyl (C=O) groups is 1. The Morgan fingerprint density at radius 1 is 1.00 bits per heavy atom. The number of benzene rings is 2. The van der Waals surface area contributed by atoms with E-state index in [-0.39, 0.29) is 18.3 Å². The topological polar surface area (TPSA) is 38.8 Å². The first kappa shape index (κ1) is 16.7. The molecule has 144 valence electrons. The molecule has 2 aromatic carbocycles. The van der Waals surface area contributed by atoms with Crippen LogP contribution in [-0.4, -0.2) is 54.9 Å². The summed E-state index contributed by atoms with van der Waals surface area (Å²) in [5.74, 6) is -0.781. The van der Waals surface area contributed by atoms with Gasteiger partial charge in [0.15, 0.2) is 0 Å². The van der Waals surface area contributed by atoms with Crippen molar-refractivity contribution in [1.82, 2.24) is 0 Å². The second-order valence-electron chi connectivity index (χ2n) is 9.08. The third-order valence-electron chi connectivity index (χ3n) is 7.48. The van der Waals surface area contributed by atoms with Crippen LogP contribution in [0.2, 0.25) is 0 Å². The third kappa shape index (κ3) is 1.93. The van der Waals surface area contributed by atoms with Gasteiger partial charge in [-0.05, 0) is 11.1 Å². The lowest BCUT2D eigenvalue weighted by Crippen LogP contribution is -2.60. The molecule has 0 N–H and O–H groups in total. The van der Waals surface area contributed by atoms with Crippen molar-refractivity contribution in [3.63, 3.8) is 0 Å². The van der Waals surface area contributed by atoms with Gasteiger partial charge in [-0.3, -0.25) is 0 Å². The number of alkyl halides is 1. The summed E-state index contributed by atoms with van der Waals surface area (Å²) in [4.78, 5) is 13.2. The van der Waals surface area contributed by atoms with Crippen molar-refractivity contribution >= 4 is 5.97 Å². The molecule has 0 spiro atoms. The number of fused-ring (bicyclic) bond motifs is 8. The zero-order valence-electron chi connectivity index (χ0n) is 16.0. The predicted octanol–water partition coefficient (Wildman–Crippen LogP) is 3.18. The highest BCUT2D eigenvalue weighted by atomic mass is 19.1. The summed E-state index contributed by atoms with van der Waals surface area (Å²) in [6.07, 6.45) is 1.76. The molecule has 1 aliphatic carbocycles. The van der Waals surface area contributed by atoms with Crippen molar-refractivity contribution in [2.24, 2.45) is 0 Å². The fourth-order valence-corrected chi connectivity index (χ4v) is 5.94. The van der Waals surface area contributed by atoms with Gasteiger partial charge in [-0.15, -0.1) is 0 Å². The lowest BCUT2D eigenvalue weighted by Gasteiger charge is -2.45. The Kier molecular flexibility index (Phi) is 3.11. The molecule has 2 aromatic rings. The molecule has 5 heteroatoms. The highest BCUT2D eigenvalue weighted by Gasteiger charge is 2.71. The highest BCUT2D eigenvalue weighted by molar-refractivity contribution is 5.96. The minimum absolute atomic E-state index is 0.252. The van der Waals surface area contributed by atoms with Crippen LogP contribution in [0.25, 0.3) is 11.1 Å². The van der Waals surface area contributed by atoms with E-state index in [0.717, 1.165) is 28.5 Å². The van der Waals surface area contributed by atoms with Crippen molar-refractivity contribution in [3.05, 3.63) is 59.7 Å². The molecular weight excluding hydrogens is 357 g/mol. The smallest absolute Gasteiger partial charge is 0.353 e. The van der Waals surface area contributed by atoms with Gasteiger partial charge in [0, 0.05) is 24.0 Å². The number of piperidine rings is 1. The van der Waals surface area contributed by atoms with Gasteiger partial charge in [0.05, 0.1) is 14.1 Å². The van der Waals surface area contributed by atoms with Crippen LogP contribution in [0.15, 0.2) is 48.5 Å². The van der Waals surface area contributed by atoms with Crippen LogP contribution in [0.3, 0.4) is 0 Å². The zero-order valence-corrected chi connectivity index (χ0v) is 16.0. The van der Waals surface area contributed by atoms with Crippen LogP contribution in [-0.2, 0) is 19.9 Å². The van der Waals surface area contributed by atoms with Gasteiger partial charge in [0.25, 0.3) is 5.67 Å². The molecule has 3 heterocycles. The molecular formula is C23H23FNO3+. The summed E-state index contributed by atoms with van der Waals surface area (Å²) in [5, 5.41) is 0. The average Bonchev–Trinajstić information content (AvgIpc) is 3.40. The Labute approximate surface area is 163 Å². The lowest BCUT2D eigenvalue weighted by atomic mass is 9.92. The van der Waals surface area contributed by atoms with E-state index in [0.29, 0.717) is 23.2 Å². The minimum Gasteiger partial charge on any atom is -0.459 e. The van der Waals surface area contributed by atoms with Crippen LogP contribution in [0.4, 0.5) is 4.39 Å². The van der Waals surface area contributed by atoms with Crippen molar-refractivity contribution in [3.8, 4) is 11.1 Å². The lowest BCUT2D eigenvalue weighted by molar-refractivity contribution is -0.938. The van der Waals surface area contributed by atoms with E-state index in [9.17, 15) is 4.79 Å². The van der Waals surface area contributed by atoms with Crippen molar-refractivity contribution < 1.29 is 23.1 Å². The van der Waals surface area contributed by atoms with Gasteiger partial charge >= 0.3 is 5.97 Å². The second-order valence-corrected chi connectivity index (χ2v) is 9.08. The molecule has 28 heavy (non-hydrogen) atoms. The molecule has 3 saturated heterocycles. The highest BCUT2D eigenvalue weighted by Crippen LogP contribution is 2.53. The number of nitrogens with zero attached hydrogens (tertiary/aromatic N) is 1. The number of halogens is 1. The number of hydrogen-bond donors (Lipinski definition) is 0. The largest absolute Gasteiger partial charge is 0.459 e. The molecule has 4 aliphatic rings. The average molecular weight is 380 g/mol. The van der Waals surface area contributed by atoms with Gasteiger partial charge in [0.1, 0.15) is 30.4 Å². The number of esters is 1. The molecule has 6 rings (SSSR count). The number of morpholine rings is 1. The molecule has 2 bridgehead atoms. The zero-order chi connectivity index (χ0) is 19.3. The van der Waals surface area contributed by atoms with Crippen molar-refractivity contribution in [2.75, 3.05) is 14.1 Å². The van der Waals surface area contributed by atoms with E-state index in [1.165, 1.54) is 0 Å². The summed E-state index contributed by atoms with van der Waals surface area (Å²) in [6.45, 7) is 0. The van der Waals surface area contributed by atoms with Gasteiger partial charge in [-0.25, -0.2) is 9.18 Å². The number of epoxide rings is 1. The number of ether oxygens (including phenoxy) is 2. The van der Waals surface area contributed by atoms with Crippen molar-refractivity contribution in [2.45, 2.75) is 48.9 Å². The molecule has 3 fully saturated rings. The third-order valence-corrected chi connectivity index (χ3v) is 7.48. The van der Waals surface area contributed by atoms with E-state index in [2.05, 4.69) is 14.1 Å². The van der Waals surface area contributed by atoms with Gasteiger partial charge < -0.3 is 14.0 Å². The monoisotopic (exact) mass is 380 g/mol. The van der Waals surface area contributed by atoms with E-state index in [4.69, 9.17) is 9.47 Å². The maximum Gasteiger partial charge on any atom is 0.353 e. The quantitative estimate of drug-likeness (QED) is 0.456. The molecule has 3 aliphatic heterocycles. The fourth-order valence-electron chi connectivity index (χ4n) is 5.94. The van der Waals surface area contributed by atoms with E-state index < -0.39 is 11.6 Å². The van der Waals surface area contributed by atoms with E-state index >= 15 is 4.39 Å². The predicted molar refractivity (Wildman–Crippen MR) is 101 cm³/mol. The maximum atomic E-state index is 16.4. The van der Waals surface area contributed by atoms with Crippen LogP contribution >= 0.6 is 0 Å². The molecule has 4 nitrogen and oxygen atoms in total. The number of hydrogen-bond acceptors (Lipinski definition) is 3. The standard InChI is InChI=1S/C23H23FNO3/c1-25(2)18-11-13(12-19(25)21-20(18)28-21)27-22(26)23(24)16-9-5-3-7-14(16)15-8-4-6-10-17(15)23/h3-10,13,18-21H,11-12H2,1-2H3/q+1/t13?,18-,19?,20+,21?/m0/s1. The first-order valence-corrected chi connectivity index (χ1v) is 10.0. The number of likely N-dealkylation sites (N-methyl/N-ethyl adjacent to an activating group) is 1. The van der Waals surface area contributed by atoms with Crippen LogP contribution in [0.1, 0.15) is 24.0 Å². The maximum absolute atomic E-state index is 16.4. The SMILES string of the molecule is C[N+]1(C)C2CC(OC(=O)C3(F)c4ccccc4-c4ccccc43)C[C@H]1[C@H]1OC21. The Morgan fingerprint density at radius 3 is 2.04 bits per heavy atom. The first-order valence-electron chi connectivity index (χ1n) is 10.0. The van der Waals surface area contributed by atoms with Gasteiger partial charge in [-0.1, -0.05) is 48.5 Å². The summed E-state index contributed by atoms with van der Waals surface area (Å²) in [6, 6.07) is 15.1. The first-order chi connectivity index (χ1) is 13.4. The number of carbonyl (C=O) groups excluding carboxylic acids is 1. The molecule has 0 saturated carbocycles. The van der Waals surface area contributed by atoms with Gasteiger partial charge in [0.2, 0.25) is 0 Å².